The molecular formula is C93H63NO2. The van der Waals surface area contributed by atoms with Crippen molar-refractivity contribution in [3.05, 3.63) is 352 Å². The molecule has 0 N–H and O–H groups in total. The zero-order valence-corrected chi connectivity index (χ0v) is 54.0. The van der Waals surface area contributed by atoms with Gasteiger partial charge in [0.25, 0.3) is 0 Å². The summed E-state index contributed by atoms with van der Waals surface area (Å²) in [5.74, 6) is 0. The molecule has 3 nitrogen and oxygen atoms in total. The van der Waals surface area contributed by atoms with Crippen molar-refractivity contribution in [3.8, 4) is 77.9 Å². The molecule has 96 heavy (non-hydrogen) atoms. The van der Waals surface area contributed by atoms with Crippen molar-refractivity contribution in [3.63, 3.8) is 0 Å². The zero-order chi connectivity index (χ0) is 63.7. The molecule has 14 aromatic carbocycles. The van der Waals surface area contributed by atoms with Crippen LogP contribution in [-0.4, -0.2) is 0 Å². The summed E-state index contributed by atoms with van der Waals surface area (Å²) in [5, 5.41) is 4.62. The van der Waals surface area contributed by atoms with E-state index in [0.29, 0.717) is 0 Å². The van der Waals surface area contributed by atoms with E-state index in [2.05, 4.69) is 331 Å². The minimum Gasteiger partial charge on any atom is -0.456 e. The molecule has 0 unspecified atom stereocenters. The molecule has 2 heterocycles. The minimum absolute atomic E-state index is 0.0286. The van der Waals surface area contributed by atoms with Gasteiger partial charge in [-0.05, 0) is 200 Å². The number of benzene rings is 14. The molecule has 21 rings (SSSR count). The molecular weight excluding hydrogens is 1160 g/mol. The van der Waals surface area contributed by atoms with Gasteiger partial charge in [0, 0.05) is 49.5 Å². The lowest BCUT2D eigenvalue weighted by Crippen LogP contribution is -2.27. The molecule has 0 fully saturated rings. The molecule has 0 saturated carbocycles. The summed E-state index contributed by atoms with van der Waals surface area (Å²) in [6.45, 7) is 11.7. The normalized spacial score (nSPS) is 14.8. The number of hydrogen-bond acceptors (Lipinski definition) is 3. The lowest BCUT2D eigenvalue weighted by molar-refractivity contribution is 0.590. The van der Waals surface area contributed by atoms with E-state index in [9.17, 15) is 0 Å². The smallest absolute Gasteiger partial charge is 0.143 e. The van der Waals surface area contributed by atoms with Gasteiger partial charge in [0.05, 0.1) is 16.5 Å². The van der Waals surface area contributed by atoms with E-state index in [1.807, 2.05) is 0 Å². The molecule has 0 atom stereocenters. The number of furan rings is 2. The van der Waals surface area contributed by atoms with Crippen LogP contribution in [0, 0.1) is 0 Å². The van der Waals surface area contributed by atoms with Crippen LogP contribution in [0.3, 0.4) is 0 Å². The monoisotopic (exact) mass is 1230 g/mol. The summed E-state index contributed by atoms with van der Waals surface area (Å²) in [4.78, 5) is 2.56. The fraction of sp³-hybridized carbons (Fsp3) is 0.0968. The molecule has 0 amide bonds. The average Bonchev–Trinajstić information content (AvgIpc) is 1.49. The van der Waals surface area contributed by atoms with E-state index in [1.165, 1.54) is 128 Å². The fourth-order valence-electron chi connectivity index (χ4n) is 18.7. The van der Waals surface area contributed by atoms with E-state index >= 15 is 0 Å². The summed E-state index contributed by atoms with van der Waals surface area (Å²) in [7, 11) is 0. The number of nitrogens with zero attached hydrogens (tertiary/aromatic N) is 1. The second-order valence-electron chi connectivity index (χ2n) is 28.9. The van der Waals surface area contributed by atoms with Gasteiger partial charge < -0.3 is 13.7 Å². The molecule has 2 aromatic heterocycles. The van der Waals surface area contributed by atoms with Crippen LogP contribution in [0.5, 0.6) is 0 Å². The standard InChI is InChI=1S/C93H63NO2/c1-90(2,3)56-41-39-55(40-42-56)68-51-80-85(88-67-31-15-22-38-83(67)96-89(68)88)65-46-44-57(49-76(65)91(80,4)5)94(81-36-20-13-25-59(81)54-23-7-6-8-24-54)58-43-45-64-69-52-79-70(53-78(69)93(77(64)50-58)73-34-18-11-28-62(73)63-29-12-19-35-74(63)93)86-75(47-48-84-87(86)66-30-14-21-37-82(66)95-84)92(79)71-32-16-9-26-60(71)61-27-10-17-33-72(61)92/h6-53H,1-5H3. The van der Waals surface area contributed by atoms with E-state index in [0.717, 1.165) is 72.4 Å². The van der Waals surface area contributed by atoms with Crippen molar-refractivity contribution in [2.24, 2.45) is 0 Å². The van der Waals surface area contributed by atoms with E-state index in [1.54, 1.807) is 0 Å². The molecule has 0 saturated heterocycles. The van der Waals surface area contributed by atoms with Gasteiger partial charge in [-0.3, -0.25) is 0 Å². The Bertz CT molecular complexity index is 6010. The Morgan fingerprint density at radius 2 is 0.750 bits per heavy atom. The lowest BCUT2D eigenvalue weighted by Gasteiger charge is -2.33. The molecule has 16 aromatic rings. The van der Waals surface area contributed by atoms with Crippen molar-refractivity contribution >= 4 is 60.9 Å². The minimum atomic E-state index is -0.702. The van der Waals surface area contributed by atoms with Crippen molar-refractivity contribution in [1.29, 1.82) is 0 Å². The van der Waals surface area contributed by atoms with Crippen LogP contribution in [-0.2, 0) is 21.7 Å². The molecule has 2 spiro atoms. The second-order valence-corrected chi connectivity index (χ2v) is 28.9. The molecule has 5 aliphatic carbocycles. The number of para-hydroxylation sites is 3. The van der Waals surface area contributed by atoms with E-state index < -0.39 is 16.2 Å². The predicted molar refractivity (Wildman–Crippen MR) is 395 cm³/mol. The van der Waals surface area contributed by atoms with Crippen LogP contribution in [0.15, 0.2) is 300 Å². The van der Waals surface area contributed by atoms with Gasteiger partial charge in [0.15, 0.2) is 0 Å². The largest absolute Gasteiger partial charge is 0.456 e. The first kappa shape index (κ1) is 53.9. The highest BCUT2D eigenvalue weighted by atomic mass is 16.3. The van der Waals surface area contributed by atoms with E-state index in [-0.39, 0.29) is 5.41 Å². The van der Waals surface area contributed by atoms with Crippen LogP contribution in [0.4, 0.5) is 17.1 Å². The maximum Gasteiger partial charge on any atom is 0.143 e. The van der Waals surface area contributed by atoms with Gasteiger partial charge in [0.1, 0.15) is 22.3 Å². The third-order valence-corrected chi connectivity index (χ3v) is 22.9. The SMILES string of the molecule is CC(C)(C)c1ccc(-c2cc3c(c4c2oc2ccccc24)-c2ccc(N(c4ccc5c(c4)C4(c6ccccc6-c6ccccc64)c4cc6c(cc4-5)C4(c5ccccc5-c5ccccc54)c4ccc5oc7ccccc7c5c4-6)c4ccccc4-c4ccccc4)cc2C3(C)C)cc1. The number of hydrogen-bond donors (Lipinski definition) is 0. The molecule has 0 aliphatic heterocycles. The third kappa shape index (κ3) is 6.77. The Kier molecular flexibility index (Phi) is 10.6. The van der Waals surface area contributed by atoms with Crippen LogP contribution in [0.25, 0.3) is 122 Å². The molecule has 5 aliphatic rings. The first-order chi connectivity index (χ1) is 47.0. The maximum atomic E-state index is 7.03. The summed E-state index contributed by atoms with van der Waals surface area (Å²) in [5.41, 5.74) is 36.8. The van der Waals surface area contributed by atoms with Crippen LogP contribution in [0.2, 0.25) is 0 Å². The van der Waals surface area contributed by atoms with E-state index in [4.69, 9.17) is 8.83 Å². The highest BCUT2D eigenvalue weighted by molar-refractivity contribution is 6.20. The Labute approximate surface area is 557 Å². The highest BCUT2D eigenvalue weighted by Crippen LogP contribution is 2.70. The highest BCUT2D eigenvalue weighted by Gasteiger charge is 2.57. The van der Waals surface area contributed by atoms with Gasteiger partial charge in [-0.25, -0.2) is 0 Å². The summed E-state index contributed by atoms with van der Waals surface area (Å²) in [6, 6.07) is 110. The molecule has 452 valence electrons. The second kappa shape index (κ2) is 18.9. The summed E-state index contributed by atoms with van der Waals surface area (Å²) < 4.78 is 13.9. The van der Waals surface area contributed by atoms with Crippen molar-refractivity contribution in [2.45, 2.75) is 56.3 Å². The van der Waals surface area contributed by atoms with Crippen LogP contribution < -0.4 is 4.90 Å². The van der Waals surface area contributed by atoms with Gasteiger partial charge in [0.2, 0.25) is 0 Å². The van der Waals surface area contributed by atoms with Gasteiger partial charge >= 0.3 is 0 Å². The Morgan fingerprint density at radius 1 is 0.292 bits per heavy atom. The van der Waals surface area contributed by atoms with Crippen molar-refractivity contribution in [1.82, 2.24) is 0 Å². The fourth-order valence-corrected chi connectivity index (χ4v) is 18.7. The molecule has 0 bridgehead atoms. The first-order valence-corrected chi connectivity index (χ1v) is 33.9. The first-order valence-electron chi connectivity index (χ1n) is 33.9. The van der Waals surface area contributed by atoms with Crippen LogP contribution in [0.1, 0.15) is 95.8 Å². The van der Waals surface area contributed by atoms with Crippen molar-refractivity contribution in [2.75, 3.05) is 4.90 Å². The quantitative estimate of drug-likeness (QED) is 0.172. The van der Waals surface area contributed by atoms with Crippen LogP contribution >= 0.6 is 0 Å². The number of rotatable bonds is 5. The van der Waals surface area contributed by atoms with Gasteiger partial charge in [-0.2, -0.15) is 0 Å². The topological polar surface area (TPSA) is 29.5 Å². The van der Waals surface area contributed by atoms with Crippen molar-refractivity contribution < 1.29 is 8.83 Å². The maximum absolute atomic E-state index is 7.03. The van der Waals surface area contributed by atoms with Gasteiger partial charge in [-0.15, -0.1) is 0 Å². The predicted octanol–water partition coefficient (Wildman–Crippen LogP) is 24.6. The zero-order valence-electron chi connectivity index (χ0n) is 54.0. The average molecular weight is 1230 g/mol. The Balaban J connectivity index is 0.830. The third-order valence-electron chi connectivity index (χ3n) is 22.9. The Hall–Kier alpha value is -11.5. The number of anilines is 3. The molecule has 0 radical (unpaired) electrons. The summed E-state index contributed by atoms with van der Waals surface area (Å²) >= 11 is 0. The van der Waals surface area contributed by atoms with Gasteiger partial charge in [-0.1, -0.05) is 259 Å². The Morgan fingerprint density at radius 3 is 1.39 bits per heavy atom. The number of fused-ring (bicyclic) bond motifs is 31. The molecule has 3 heteroatoms. The lowest BCUT2D eigenvalue weighted by atomic mass is 9.68. The summed E-state index contributed by atoms with van der Waals surface area (Å²) in [6.07, 6.45) is 0.